The van der Waals surface area contributed by atoms with Gasteiger partial charge in [0.1, 0.15) is 5.82 Å². The number of carbonyl (C=O) groups is 1. The van der Waals surface area contributed by atoms with Crippen molar-refractivity contribution in [1.29, 1.82) is 0 Å². The average Bonchev–Trinajstić information content (AvgIpc) is 2.77. The van der Waals surface area contributed by atoms with Crippen LogP contribution in [0.4, 0.5) is 15.8 Å². The van der Waals surface area contributed by atoms with Crippen molar-refractivity contribution in [2.45, 2.75) is 11.3 Å². The standard InChI is InChI=1S/C14H11FN2O3S/c15-10-2-1-3-12(8-10)21(19,20)17-11-4-5-13-9(6-11)7-14(18)16-13/h1-6,8,17H,7H2,(H,16,18). The maximum atomic E-state index is 13.1. The molecule has 2 aromatic rings. The first-order chi connectivity index (χ1) is 9.94. The van der Waals surface area contributed by atoms with Gasteiger partial charge >= 0.3 is 0 Å². The Morgan fingerprint density at radius 2 is 1.95 bits per heavy atom. The molecular formula is C14H11FN2O3S. The van der Waals surface area contributed by atoms with E-state index in [0.717, 1.165) is 11.6 Å². The van der Waals surface area contributed by atoms with E-state index >= 15 is 0 Å². The van der Waals surface area contributed by atoms with Crippen LogP contribution in [0, 0.1) is 5.82 Å². The van der Waals surface area contributed by atoms with E-state index in [2.05, 4.69) is 10.0 Å². The Hall–Kier alpha value is -2.41. The van der Waals surface area contributed by atoms with Gasteiger partial charge in [-0.25, -0.2) is 12.8 Å². The highest BCUT2D eigenvalue weighted by molar-refractivity contribution is 7.92. The molecule has 0 aliphatic carbocycles. The van der Waals surface area contributed by atoms with Crippen molar-refractivity contribution in [2.24, 2.45) is 0 Å². The minimum absolute atomic E-state index is 0.130. The highest BCUT2D eigenvalue weighted by Crippen LogP contribution is 2.27. The van der Waals surface area contributed by atoms with Crippen LogP contribution in [0.3, 0.4) is 0 Å². The summed E-state index contributed by atoms with van der Waals surface area (Å²) in [5, 5.41) is 2.66. The molecule has 0 saturated carbocycles. The van der Waals surface area contributed by atoms with Gasteiger partial charge in [0.2, 0.25) is 5.91 Å². The Bertz CT molecular complexity index is 834. The molecule has 1 amide bonds. The van der Waals surface area contributed by atoms with Crippen molar-refractivity contribution < 1.29 is 17.6 Å². The number of nitrogens with one attached hydrogen (secondary N) is 2. The first kappa shape index (κ1) is 13.6. The van der Waals surface area contributed by atoms with Crippen molar-refractivity contribution in [1.82, 2.24) is 0 Å². The second kappa shape index (κ2) is 4.85. The number of fused-ring (bicyclic) bond motifs is 1. The quantitative estimate of drug-likeness (QED) is 0.912. The Morgan fingerprint density at radius 3 is 2.71 bits per heavy atom. The van der Waals surface area contributed by atoms with Crippen molar-refractivity contribution >= 4 is 27.3 Å². The fraction of sp³-hybridized carbons (Fsp3) is 0.0714. The Balaban J connectivity index is 1.90. The number of benzene rings is 2. The number of carbonyl (C=O) groups excluding carboxylic acids is 1. The Labute approximate surface area is 120 Å². The van der Waals surface area contributed by atoms with Crippen molar-refractivity contribution in [3.05, 3.63) is 53.8 Å². The second-order valence-electron chi connectivity index (χ2n) is 4.66. The smallest absolute Gasteiger partial charge is 0.261 e. The lowest BCUT2D eigenvalue weighted by Crippen LogP contribution is -2.13. The molecule has 5 nitrogen and oxygen atoms in total. The summed E-state index contributed by atoms with van der Waals surface area (Å²) in [5.74, 6) is -0.753. The predicted octanol–water partition coefficient (Wildman–Crippen LogP) is 2.12. The van der Waals surface area contributed by atoms with Crippen LogP contribution in [0.5, 0.6) is 0 Å². The molecule has 7 heteroatoms. The lowest BCUT2D eigenvalue weighted by molar-refractivity contribution is -0.115. The normalized spacial score (nSPS) is 13.7. The zero-order valence-electron chi connectivity index (χ0n) is 10.8. The number of sulfonamides is 1. The van der Waals surface area contributed by atoms with Gasteiger partial charge in [0.15, 0.2) is 0 Å². The molecular weight excluding hydrogens is 295 g/mol. The van der Waals surface area contributed by atoms with Gasteiger partial charge < -0.3 is 5.32 Å². The van der Waals surface area contributed by atoms with Gasteiger partial charge in [-0.2, -0.15) is 0 Å². The van der Waals surface area contributed by atoms with E-state index in [-0.39, 0.29) is 17.2 Å². The van der Waals surface area contributed by atoms with Crippen molar-refractivity contribution in [3.8, 4) is 0 Å². The fourth-order valence-corrected chi connectivity index (χ4v) is 3.22. The summed E-state index contributed by atoms with van der Waals surface area (Å²) in [6, 6.07) is 9.51. The first-order valence-electron chi connectivity index (χ1n) is 6.15. The molecule has 1 aliphatic rings. The summed E-state index contributed by atoms with van der Waals surface area (Å²) in [7, 11) is -3.86. The number of hydrogen-bond acceptors (Lipinski definition) is 3. The molecule has 1 aliphatic heterocycles. The monoisotopic (exact) mass is 306 g/mol. The highest BCUT2D eigenvalue weighted by Gasteiger charge is 2.20. The molecule has 0 bridgehead atoms. The minimum atomic E-state index is -3.86. The summed E-state index contributed by atoms with van der Waals surface area (Å²) in [6.07, 6.45) is 0.213. The van der Waals surface area contributed by atoms with E-state index < -0.39 is 15.8 Å². The van der Waals surface area contributed by atoms with E-state index in [0.29, 0.717) is 11.4 Å². The zero-order valence-corrected chi connectivity index (χ0v) is 11.6. The third-order valence-electron chi connectivity index (χ3n) is 3.09. The van der Waals surface area contributed by atoms with Gasteiger partial charge in [0.25, 0.3) is 10.0 Å². The van der Waals surface area contributed by atoms with Gasteiger partial charge in [0.05, 0.1) is 11.3 Å². The number of anilines is 2. The van der Waals surface area contributed by atoms with Crippen LogP contribution in [0.1, 0.15) is 5.56 Å². The summed E-state index contributed by atoms with van der Waals surface area (Å²) < 4.78 is 39.8. The van der Waals surface area contributed by atoms with Crippen LogP contribution >= 0.6 is 0 Å². The highest BCUT2D eigenvalue weighted by atomic mass is 32.2. The number of amides is 1. The summed E-state index contributed by atoms with van der Waals surface area (Å²) in [5.41, 5.74) is 1.72. The van der Waals surface area contributed by atoms with Gasteiger partial charge in [-0.3, -0.25) is 9.52 Å². The summed E-state index contributed by atoms with van der Waals surface area (Å²) in [4.78, 5) is 11.1. The molecule has 0 saturated heterocycles. The van der Waals surface area contributed by atoms with E-state index in [4.69, 9.17) is 0 Å². The van der Waals surface area contributed by atoms with Crippen LogP contribution in [0.15, 0.2) is 47.4 Å². The molecule has 21 heavy (non-hydrogen) atoms. The number of rotatable bonds is 3. The van der Waals surface area contributed by atoms with E-state index in [1.807, 2.05) is 0 Å². The summed E-state index contributed by atoms with van der Waals surface area (Å²) in [6.45, 7) is 0. The van der Waals surface area contributed by atoms with E-state index in [1.54, 1.807) is 18.2 Å². The molecule has 0 spiro atoms. The first-order valence-corrected chi connectivity index (χ1v) is 7.63. The lowest BCUT2D eigenvalue weighted by atomic mass is 10.1. The van der Waals surface area contributed by atoms with Crippen LogP contribution in [0.2, 0.25) is 0 Å². The van der Waals surface area contributed by atoms with Gasteiger partial charge in [-0.1, -0.05) is 6.07 Å². The van der Waals surface area contributed by atoms with Crippen LogP contribution in [-0.4, -0.2) is 14.3 Å². The third kappa shape index (κ3) is 2.73. The molecule has 2 aromatic carbocycles. The van der Waals surface area contributed by atoms with E-state index in [9.17, 15) is 17.6 Å². The molecule has 3 rings (SSSR count). The van der Waals surface area contributed by atoms with Crippen molar-refractivity contribution in [3.63, 3.8) is 0 Å². The average molecular weight is 306 g/mol. The second-order valence-corrected chi connectivity index (χ2v) is 6.34. The number of hydrogen-bond donors (Lipinski definition) is 2. The minimum Gasteiger partial charge on any atom is -0.326 e. The Kier molecular flexibility index (Phi) is 3.13. The molecule has 0 fully saturated rings. The van der Waals surface area contributed by atoms with Gasteiger partial charge in [-0.15, -0.1) is 0 Å². The Morgan fingerprint density at radius 1 is 1.14 bits per heavy atom. The fourth-order valence-electron chi connectivity index (χ4n) is 2.14. The largest absolute Gasteiger partial charge is 0.326 e. The molecule has 2 N–H and O–H groups in total. The third-order valence-corrected chi connectivity index (χ3v) is 4.47. The van der Waals surface area contributed by atoms with Gasteiger partial charge in [0, 0.05) is 11.4 Å². The number of halogens is 1. The van der Waals surface area contributed by atoms with Crippen LogP contribution in [0.25, 0.3) is 0 Å². The van der Waals surface area contributed by atoms with Crippen molar-refractivity contribution in [2.75, 3.05) is 10.0 Å². The SMILES string of the molecule is O=C1Cc2cc(NS(=O)(=O)c3cccc(F)c3)ccc2N1. The molecule has 0 aromatic heterocycles. The van der Waals surface area contributed by atoms with E-state index in [1.165, 1.54) is 18.2 Å². The predicted molar refractivity (Wildman–Crippen MR) is 76.0 cm³/mol. The molecule has 0 unspecified atom stereocenters. The molecule has 0 radical (unpaired) electrons. The van der Waals surface area contributed by atoms with Crippen LogP contribution < -0.4 is 10.0 Å². The molecule has 1 heterocycles. The topological polar surface area (TPSA) is 75.3 Å². The summed E-state index contributed by atoms with van der Waals surface area (Å²) >= 11 is 0. The molecule has 108 valence electrons. The molecule has 0 atom stereocenters. The maximum absolute atomic E-state index is 13.1. The zero-order chi connectivity index (χ0) is 15.0. The lowest BCUT2D eigenvalue weighted by Gasteiger charge is -2.09. The van der Waals surface area contributed by atoms with Gasteiger partial charge in [-0.05, 0) is 42.0 Å². The van der Waals surface area contributed by atoms with Crippen LogP contribution in [-0.2, 0) is 21.2 Å². The maximum Gasteiger partial charge on any atom is 0.261 e.